The van der Waals surface area contributed by atoms with E-state index in [4.69, 9.17) is 11.6 Å². The van der Waals surface area contributed by atoms with E-state index < -0.39 is 4.92 Å². The molecule has 0 aliphatic carbocycles. The first-order valence-corrected chi connectivity index (χ1v) is 12.9. The third-order valence-corrected chi connectivity index (χ3v) is 7.33. The molecule has 0 spiro atoms. The number of carbonyl (C=O) groups is 1. The van der Waals surface area contributed by atoms with Gasteiger partial charge in [-0.25, -0.2) is 9.48 Å². The SMILES string of the molecule is O=C(c1cc(-c2ccc([N+](=O)[O-])cc2)nn1-c1cccc(Cl)c1)N1CCC(n2c(=O)[nH]c3ccccc32)CC1. The van der Waals surface area contributed by atoms with Crippen molar-refractivity contribution in [1.29, 1.82) is 0 Å². The summed E-state index contributed by atoms with van der Waals surface area (Å²) in [5.41, 5.74) is 3.62. The van der Waals surface area contributed by atoms with E-state index in [1.54, 1.807) is 50.5 Å². The van der Waals surface area contributed by atoms with Gasteiger partial charge in [0.15, 0.2) is 0 Å². The van der Waals surface area contributed by atoms with Gasteiger partial charge in [0.1, 0.15) is 5.69 Å². The summed E-state index contributed by atoms with van der Waals surface area (Å²) in [6.07, 6.45) is 1.27. The number of likely N-dealkylation sites (tertiary alicyclic amines) is 1. The average molecular weight is 543 g/mol. The number of halogens is 1. The predicted molar refractivity (Wildman–Crippen MR) is 147 cm³/mol. The van der Waals surface area contributed by atoms with E-state index >= 15 is 0 Å². The van der Waals surface area contributed by atoms with Gasteiger partial charge in [-0.15, -0.1) is 0 Å². The molecule has 0 bridgehead atoms. The molecule has 0 atom stereocenters. The Morgan fingerprint density at radius 2 is 1.74 bits per heavy atom. The number of fused-ring (bicyclic) bond motifs is 1. The quantitative estimate of drug-likeness (QED) is 0.241. The van der Waals surface area contributed by atoms with Crippen LogP contribution >= 0.6 is 11.6 Å². The van der Waals surface area contributed by atoms with E-state index in [-0.39, 0.29) is 23.3 Å². The zero-order chi connectivity index (χ0) is 27.1. The zero-order valence-electron chi connectivity index (χ0n) is 20.7. The number of hydrogen-bond donors (Lipinski definition) is 1. The number of amides is 1. The van der Waals surface area contributed by atoms with Crippen molar-refractivity contribution in [1.82, 2.24) is 24.2 Å². The number of nitro groups is 1. The maximum Gasteiger partial charge on any atom is 0.326 e. The fraction of sp³-hybridized carbons (Fsp3) is 0.179. The van der Waals surface area contributed by atoms with Gasteiger partial charge in [-0.3, -0.25) is 19.5 Å². The molecular weight excluding hydrogens is 520 g/mol. The van der Waals surface area contributed by atoms with E-state index in [9.17, 15) is 19.7 Å². The number of rotatable bonds is 5. The van der Waals surface area contributed by atoms with Crippen LogP contribution in [0.4, 0.5) is 5.69 Å². The molecule has 0 unspecified atom stereocenters. The van der Waals surface area contributed by atoms with Gasteiger partial charge in [-0.2, -0.15) is 5.10 Å². The molecule has 2 aromatic heterocycles. The Bertz CT molecular complexity index is 1760. The number of carbonyl (C=O) groups excluding carboxylic acids is 1. The van der Waals surface area contributed by atoms with E-state index in [1.807, 2.05) is 30.3 Å². The minimum absolute atomic E-state index is 0.0220. The van der Waals surface area contributed by atoms with Gasteiger partial charge >= 0.3 is 5.69 Å². The number of nitrogens with one attached hydrogen (secondary N) is 1. The highest BCUT2D eigenvalue weighted by molar-refractivity contribution is 6.30. The standard InChI is InChI=1S/C28H23ClN6O4/c29-19-4-3-5-22(16-19)34-26(17-24(31-34)18-8-10-21(11-9-18)35(38)39)27(36)32-14-12-20(13-15-32)33-25-7-2-1-6-23(25)30-28(33)37/h1-11,16-17,20H,12-15H2,(H,30,37). The number of aromatic amines is 1. The van der Waals surface area contributed by atoms with E-state index in [0.717, 1.165) is 11.0 Å². The zero-order valence-corrected chi connectivity index (χ0v) is 21.4. The van der Waals surface area contributed by atoms with Crippen LogP contribution in [-0.4, -0.2) is 48.2 Å². The molecule has 3 heterocycles. The summed E-state index contributed by atoms with van der Waals surface area (Å²) in [4.78, 5) is 41.8. The maximum absolute atomic E-state index is 13.8. The molecule has 1 aliphatic heterocycles. The molecule has 1 aliphatic rings. The van der Waals surface area contributed by atoms with Crippen LogP contribution in [0.15, 0.2) is 83.7 Å². The van der Waals surface area contributed by atoms with Crippen molar-refractivity contribution < 1.29 is 9.72 Å². The molecule has 0 radical (unpaired) electrons. The predicted octanol–water partition coefficient (Wildman–Crippen LogP) is 5.22. The minimum atomic E-state index is -0.461. The summed E-state index contributed by atoms with van der Waals surface area (Å²) >= 11 is 6.23. The van der Waals surface area contributed by atoms with Crippen LogP contribution in [0.2, 0.25) is 5.02 Å². The maximum atomic E-state index is 13.8. The first-order chi connectivity index (χ1) is 18.9. The van der Waals surface area contributed by atoms with E-state index in [1.165, 1.54) is 12.1 Å². The number of imidazole rings is 1. The first kappa shape index (κ1) is 24.6. The van der Waals surface area contributed by atoms with Crippen LogP contribution in [-0.2, 0) is 0 Å². The fourth-order valence-electron chi connectivity index (χ4n) is 5.16. The number of para-hydroxylation sites is 2. The number of H-pyrrole nitrogens is 1. The number of benzene rings is 3. The van der Waals surface area contributed by atoms with Crippen molar-refractivity contribution >= 4 is 34.2 Å². The molecular formula is C28H23ClN6O4. The van der Waals surface area contributed by atoms with Crippen LogP contribution in [0.3, 0.4) is 0 Å². The van der Waals surface area contributed by atoms with Gasteiger partial charge in [0.05, 0.1) is 27.3 Å². The summed E-state index contributed by atoms with van der Waals surface area (Å²) in [7, 11) is 0. The highest BCUT2D eigenvalue weighted by Gasteiger charge is 2.29. The lowest BCUT2D eigenvalue weighted by atomic mass is 10.0. The second kappa shape index (κ2) is 9.88. The lowest BCUT2D eigenvalue weighted by molar-refractivity contribution is -0.384. The van der Waals surface area contributed by atoms with Crippen LogP contribution in [0.25, 0.3) is 28.0 Å². The molecule has 11 heteroatoms. The Hall–Kier alpha value is -4.70. The van der Waals surface area contributed by atoms with Gasteiger partial charge in [-0.1, -0.05) is 29.8 Å². The fourth-order valence-corrected chi connectivity index (χ4v) is 5.34. The van der Waals surface area contributed by atoms with Crippen molar-refractivity contribution in [3.8, 4) is 16.9 Å². The van der Waals surface area contributed by atoms with Gasteiger partial charge < -0.3 is 9.88 Å². The third kappa shape index (κ3) is 4.59. The van der Waals surface area contributed by atoms with Crippen LogP contribution < -0.4 is 5.69 Å². The number of non-ortho nitro benzene ring substituents is 1. The molecule has 1 amide bonds. The van der Waals surface area contributed by atoms with Gasteiger partial charge in [-0.05, 0) is 61.4 Å². The Morgan fingerprint density at radius 1 is 1.00 bits per heavy atom. The average Bonchev–Trinajstić information content (AvgIpc) is 3.54. The third-order valence-electron chi connectivity index (χ3n) is 7.10. The van der Waals surface area contributed by atoms with E-state index in [2.05, 4.69) is 10.1 Å². The van der Waals surface area contributed by atoms with Gasteiger partial charge in [0.2, 0.25) is 0 Å². The van der Waals surface area contributed by atoms with Crippen molar-refractivity contribution in [2.24, 2.45) is 0 Å². The minimum Gasteiger partial charge on any atom is -0.337 e. The molecule has 5 aromatic rings. The molecule has 1 fully saturated rings. The summed E-state index contributed by atoms with van der Waals surface area (Å²) in [5, 5.41) is 16.2. The molecule has 0 saturated carbocycles. The molecule has 10 nitrogen and oxygen atoms in total. The monoisotopic (exact) mass is 542 g/mol. The van der Waals surface area contributed by atoms with Gasteiger partial charge in [0, 0.05) is 41.9 Å². The molecule has 1 N–H and O–H groups in total. The number of aromatic nitrogens is 4. The molecule has 6 rings (SSSR count). The summed E-state index contributed by atoms with van der Waals surface area (Å²) in [6.45, 7) is 0.950. The summed E-state index contributed by atoms with van der Waals surface area (Å²) in [5.74, 6) is -0.194. The van der Waals surface area contributed by atoms with Crippen LogP contribution in [0, 0.1) is 10.1 Å². The highest BCUT2D eigenvalue weighted by atomic mass is 35.5. The van der Waals surface area contributed by atoms with Crippen molar-refractivity contribution in [3.05, 3.63) is 110 Å². The lowest BCUT2D eigenvalue weighted by Crippen LogP contribution is -2.41. The van der Waals surface area contributed by atoms with Gasteiger partial charge in [0.25, 0.3) is 11.6 Å². The highest BCUT2D eigenvalue weighted by Crippen LogP contribution is 2.29. The van der Waals surface area contributed by atoms with Crippen molar-refractivity contribution in [2.45, 2.75) is 18.9 Å². The van der Waals surface area contributed by atoms with E-state index in [0.29, 0.717) is 53.6 Å². The first-order valence-electron chi connectivity index (χ1n) is 12.5. The molecule has 196 valence electrons. The Kier molecular flexibility index (Phi) is 6.24. The molecule has 1 saturated heterocycles. The van der Waals surface area contributed by atoms with Crippen LogP contribution in [0.5, 0.6) is 0 Å². The molecule has 39 heavy (non-hydrogen) atoms. The summed E-state index contributed by atoms with van der Waals surface area (Å²) in [6, 6.07) is 22.4. The Labute approximate surface area is 227 Å². The normalized spacial score (nSPS) is 14.1. The Morgan fingerprint density at radius 3 is 2.46 bits per heavy atom. The number of piperidine rings is 1. The number of nitro benzene ring substituents is 1. The van der Waals surface area contributed by atoms with Crippen molar-refractivity contribution in [2.75, 3.05) is 13.1 Å². The van der Waals surface area contributed by atoms with Crippen LogP contribution in [0.1, 0.15) is 29.4 Å². The lowest BCUT2D eigenvalue weighted by Gasteiger charge is -2.32. The second-order valence-electron chi connectivity index (χ2n) is 9.45. The Balaban J connectivity index is 1.30. The summed E-state index contributed by atoms with van der Waals surface area (Å²) < 4.78 is 3.35. The second-order valence-corrected chi connectivity index (χ2v) is 9.89. The number of nitrogens with zero attached hydrogens (tertiary/aromatic N) is 5. The number of hydrogen-bond acceptors (Lipinski definition) is 5. The van der Waals surface area contributed by atoms with Crippen molar-refractivity contribution in [3.63, 3.8) is 0 Å². The molecule has 3 aromatic carbocycles. The topological polar surface area (TPSA) is 119 Å². The largest absolute Gasteiger partial charge is 0.337 e. The smallest absolute Gasteiger partial charge is 0.326 e.